The lowest BCUT2D eigenvalue weighted by molar-refractivity contribution is 0.0544. The molecule has 0 bridgehead atoms. The highest BCUT2D eigenvalue weighted by atomic mass is 32.2. The molecule has 0 amide bonds. The van der Waals surface area contributed by atoms with Crippen LogP contribution in [0.5, 0.6) is 0 Å². The van der Waals surface area contributed by atoms with E-state index in [1.54, 1.807) is 11.8 Å². The van der Waals surface area contributed by atoms with Crippen LogP contribution in [0.25, 0.3) is 0 Å². The third kappa shape index (κ3) is 7.52. The van der Waals surface area contributed by atoms with Gasteiger partial charge in [0.1, 0.15) is 0 Å². The van der Waals surface area contributed by atoms with E-state index in [0.29, 0.717) is 13.2 Å². The number of aliphatic imine (C=N–C) groups is 1. The van der Waals surface area contributed by atoms with Gasteiger partial charge in [0.15, 0.2) is 0 Å². The molecule has 0 fully saturated rings. The molecular weight excluding hydrogens is 260 g/mol. The van der Waals surface area contributed by atoms with E-state index in [1.807, 2.05) is 6.92 Å². The molecule has 1 rings (SSSR count). The molecule has 0 aromatic carbocycles. The topological polar surface area (TPSA) is 42.9 Å². The van der Waals surface area contributed by atoms with Gasteiger partial charge in [-0.2, -0.15) is 0 Å². The van der Waals surface area contributed by atoms with E-state index in [1.165, 1.54) is 4.91 Å². The fourth-order valence-electron chi connectivity index (χ4n) is 1.64. The molecule has 0 unspecified atom stereocenters. The molecular formula is C14H24N2O2S. The maximum absolute atomic E-state index is 5.42. The molecule has 19 heavy (non-hydrogen) atoms. The van der Waals surface area contributed by atoms with Crippen molar-refractivity contribution < 1.29 is 9.47 Å². The summed E-state index contributed by atoms with van der Waals surface area (Å²) in [6, 6.07) is 0. The average Bonchev–Trinajstić information content (AvgIpc) is 2.46. The van der Waals surface area contributed by atoms with Gasteiger partial charge in [-0.05, 0) is 32.6 Å². The zero-order valence-corrected chi connectivity index (χ0v) is 12.5. The molecule has 1 aliphatic carbocycles. The van der Waals surface area contributed by atoms with Gasteiger partial charge in [-0.25, -0.2) is 0 Å². The minimum Gasteiger partial charge on any atom is -0.379 e. The van der Waals surface area contributed by atoms with E-state index in [2.05, 4.69) is 29.2 Å². The normalized spacial score (nSPS) is 15.0. The van der Waals surface area contributed by atoms with Crippen molar-refractivity contribution in [2.24, 2.45) is 4.99 Å². The van der Waals surface area contributed by atoms with Crippen LogP contribution in [-0.4, -0.2) is 45.6 Å². The van der Waals surface area contributed by atoms with Crippen molar-refractivity contribution in [3.8, 4) is 0 Å². The molecule has 0 atom stereocenters. The predicted molar refractivity (Wildman–Crippen MR) is 82.7 cm³/mol. The first-order valence-corrected chi connectivity index (χ1v) is 7.72. The standard InChI is InChI=1S/C14H24N2O2S/c1-3-17-10-11-18-9-8-16-12-19-14-7-5-4-6-13(14)15-2/h4,6,16H,2-3,5,7-12H2,1H3. The SMILES string of the molecule is C=NC1=C(SCNCCOCCOCC)CCC=C1. The highest BCUT2D eigenvalue weighted by molar-refractivity contribution is 8.03. The molecule has 5 heteroatoms. The molecule has 0 aliphatic heterocycles. The summed E-state index contributed by atoms with van der Waals surface area (Å²) in [5.41, 5.74) is 1.02. The Labute approximate surface area is 120 Å². The third-order valence-corrected chi connectivity index (χ3v) is 3.73. The number of rotatable bonds is 11. The summed E-state index contributed by atoms with van der Waals surface area (Å²) in [4.78, 5) is 5.36. The van der Waals surface area contributed by atoms with E-state index < -0.39 is 0 Å². The number of hydrogen-bond donors (Lipinski definition) is 1. The highest BCUT2D eigenvalue weighted by Crippen LogP contribution is 2.28. The summed E-state index contributed by atoms with van der Waals surface area (Å²) < 4.78 is 10.6. The smallest absolute Gasteiger partial charge is 0.0714 e. The lowest BCUT2D eigenvalue weighted by atomic mass is 10.1. The van der Waals surface area contributed by atoms with Gasteiger partial charge in [0.2, 0.25) is 0 Å². The number of ether oxygens (including phenoxy) is 2. The van der Waals surface area contributed by atoms with E-state index in [9.17, 15) is 0 Å². The Morgan fingerprint density at radius 3 is 3.00 bits per heavy atom. The molecule has 1 aliphatic rings. The van der Waals surface area contributed by atoms with Gasteiger partial charge in [-0.1, -0.05) is 6.08 Å². The fourth-order valence-corrected chi connectivity index (χ4v) is 2.60. The Hall–Kier alpha value is -0.620. The van der Waals surface area contributed by atoms with Crippen LogP contribution in [-0.2, 0) is 9.47 Å². The highest BCUT2D eigenvalue weighted by Gasteiger charge is 2.07. The quantitative estimate of drug-likeness (QED) is 0.360. The van der Waals surface area contributed by atoms with Crippen LogP contribution >= 0.6 is 11.8 Å². The second kappa shape index (κ2) is 11.2. The Kier molecular flexibility index (Phi) is 9.71. The summed E-state index contributed by atoms with van der Waals surface area (Å²) in [5, 5.41) is 3.35. The van der Waals surface area contributed by atoms with E-state index >= 15 is 0 Å². The van der Waals surface area contributed by atoms with Gasteiger partial charge in [0.25, 0.3) is 0 Å². The number of allylic oxidation sites excluding steroid dienone is 3. The molecule has 0 saturated heterocycles. The van der Waals surface area contributed by atoms with Gasteiger partial charge in [0.05, 0.1) is 25.5 Å². The average molecular weight is 284 g/mol. The minimum absolute atomic E-state index is 0.670. The predicted octanol–water partition coefficient (Wildman–Crippen LogP) is 2.58. The van der Waals surface area contributed by atoms with Crippen LogP contribution in [0, 0.1) is 0 Å². The van der Waals surface area contributed by atoms with Crippen molar-refractivity contribution >= 4 is 18.5 Å². The zero-order chi connectivity index (χ0) is 13.8. The molecule has 0 saturated carbocycles. The summed E-state index contributed by atoms with van der Waals surface area (Å²) in [6.07, 6.45) is 6.37. The Morgan fingerprint density at radius 1 is 1.37 bits per heavy atom. The van der Waals surface area contributed by atoms with Gasteiger partial charge in [0, 0.05) is 23.9 Å². The maximum Gasteiger partial charge on any atom is 0.0714 e. The number of nitrogens with zero attached hydrogens (tertiary/aromatic N) is 1. The van der Waals surface area contributed by atoms with Gasteiger partial charge in [-0.3, -0.25) is 4.99 Å². The first-order valence-electron chi connectivity index (χ1n) is 6.74. The number of nitrogens with one attached hydrogen (secondary N) is 1. The van der Waals surface area contributed by atoms with Crippen molar-refractivity contribution in [3.05, 3.63) is 22.8 Å². The van der Waals surface area contributed by atoms with Crippen LogP contribution in [0.4, 0.5) is 0 Å². The Morgan fingerprint density at radius 2 is 2.21 bits per heavy atom. The van der Waals surface area contributed by atoms with Crippen molar-refractivity contribution in [2.75, 3.05) is 38.8 Å². The summed E-state index contributed by atoms with van der Waals surface area (Å²) in [7, 11) is 0. The molecule has 0 aromatic heterocycles. The lowest BCUT2D eigenvalue weighted by Gasteiger charge is -2.12. The summed E-state index contributed by atoms with van der Waals surface area (Å²) >= 11 is 1.81. The van der Waals surface area contributed by atoms with Crippen LogP contribution < -0.4 is 5.32 Å². The second-order valence-corrected chi connectivity index (χ2v) is 5.08. The van der Waals surface area contributed by atoms with Crippen LogP contribution in [0.1, 0.15) is 19.8 Å². The Bertz CT molecular complexity index is 317. The minimum atomic E-state index is 0.670. The number of hydrogen-bond acceptors (Lipinski definition) is 5. The molecule has 0 heterocycles. The van der Waals surface area contributed by atoms with Crippen molar-refractivity contribution in [1.82, 2.24) is 5.32 Å². The maximum atomic E-state index is 5.42. The van der Waals surface area contributed by atoms with Crippen LogP contribution in [0.15, 0.2) is 27.7 Å². The molecule has 4 nitrogen and oxygen atoms in total. The summed E-state index contributed by atoms with van der Waals surface area (Å²) in [6.45, 7) is 9.27. The first-order chi connectivity index (χ1) is 9.38. The van der Waals surface area contributed by atoms with Gasteiger partial charge in [-0.15, -0.1) is 11.8 Å². The van der Waals surface area contributed by atoms with Crippen molar-refractivity contribution in [2.45, 2.75) is 19.8 Å². The lowest BCUT2D eigenvalue weighted by Crippen LogP contribution is -2.20. The van der Waals surface area contributed by atoms with Crippen LogP contribution in [0.3, 0.4) is 0 Å². The second-order valence-electron chi connectivity index (χ2n) is 4.01. The Balaban J connectivity index is 2.00. The fraction of sp³-hybridized carbons (Fsp3) is 0.643. The molecule has 0 radical (unpaired) electrons. The largest absolute Gasteiger partial charge is 0.379 e. The monoisotopic (exact) mass is 284 g/mol. The van der Waals surface area contributed by atoms with E-state index in [-0.39, 0.29) is 0 Å². The van der Waals surface area contributed by atoms with Crippen molar-refractivity contribution in [1.29, 1.82) is 0 Å². The van der Waals surface area contributed by atoms with Crippen LogP contribution in [0.2, 0.25) is 0 Å². The van der Waals surface area contributed by atoms with Crippen molar-refractivity contribution in [3.63, 3.8) is 0 Å². The molecule has 0 spiro atoms. The first kappa shape index (κ1) is 16.4. The van der Waals surface area contributed by atoms with E-state index in [4.69, 9.17) is 9.47 Å². The number of thioether (sulfide) groups is 1. The van der Waals surface area contributed by atoms with E-state index in [0.717, 1.165) is 44.2 Å². The summed E-state index contributed by atoms with van der Waals surface area (Å²) in [5.74, 6) is 0.886. The molecule has 1 N–H and O–H groups in total. The molecule has 108 valence electrons. The molecule has 0 aromatic rings. The zero-order valence-electron chi connectivity index (χ0n) is 11.7. The third-order valence-electron chi connectivity index (χ3n) is 2.62. The van der Waals surface area contributed by atoms with Gasteiger partial charge >= 0.3 is 0 Å². The van der Waals surface area contributed by atoms with Gasteiger partial charge < -0.3 is 14.8 Å².